The largest absolute Gasteiger partial charge is 0.341 e. The van der Waals surface area contributed by atoms with Crippen molar-refractivity contribution in [2.24, 2.45) is 5.92 Å². The van der Waals surface area contributed by atoms with Gasteiger partial charge in [-0.25, -0.2) is 0 Å². The summed E-state index contributed by atoms with van der Waals surface area (Å²) in [6.45, 7) is 27.9. The fourth-order valence-corrected chi connectivity index (χ4v) is 7.60. The van der Waals surface area contributed by atoms with Crippen LogP contribution in [0.15, 0.2) is 193 Å². The van der Waals surface area contributed by atoms with E-state index in [1.807, 2.05) is 26.0 Å². The second-order valence-corrected chi connectivity index (χ2v) is 14.8. The molecule has 1 unspecified atom stereocenters. The minimum atomic E-state index is 0.0182. The minimum Gasteiger partial charge on any atom is -0.341 e. The van der Waals surface area contributed by atoms with E-state index in [1.54, 1.807) is 0 Å². The van der Waals surface area contributed by atoms with E-state index < -0.39 is 0 Å². The zero-order chi connectivity index (χ0) is 41.9. The van der Waals surface area contributed by atoms with Crippen LogP contribution in [0.5, 0.6) is 0 Å². The molecule has 0 aliphatic heterocycles. The number of allylic oxidation sites excluding steroid dienone is 22. The molecule has 0 amide bonds. The lowest BCUT2D eigenvalue weighted by atomic mass is 9.64. The van der Waals surface area contributed by atoms with Crippen molar-refractivity contribution in [3.8, 4) is 0 Å². The van der Waals surface area contributed by atoms with E-state index in [1.165, 1.54) is 78.0 Å². The molecule has 306 valence electrons. The van der Waals surface area contributed by atoms with Crippen LogP contribution in [0.1, 0.15) is 125 Å². The number of anilines is 1. The van der Waals surface area contributed by atoms with Crippen LogP contribution in [-0.4, -0.2) is 11.4 Å². The highest BCUT2D eigenvalue weighted by Gasteiger charge is 2.36. The van der Waals surface area contributed by atoms with E-state index in [-0.39, 0.29) is 5.41 Å². The van der Waals surface area contributed by atoms with E-state index in [0.717, 1.165) is 37.9 Å². The molecule has 0 radical (unpaired) electrons. The Bertz CT molecular complexity index is 1730. The first kappa shape index (κ1) is 48.3. The van der Waals surface area contributed by atoms with Crippen molar-refractivity contribution < 1.29 is 0 Å². The Kier molecular flexibility index (Phi) is 23.5. The van der Waals surface area contributed by atoms with Gasteiger partial charge in [0.25, 0.3) is 0 Å². The second kappa shape index (κ2) is 27.7. The monoisotopic (exact) mass is 765 g/mol. The number of rotatable bonds is 13. The van der Waals surface area contributed by atoms with Crippen molar-refractivity contribution in [2.45, 2.75) is 125 Å². The zero-order valence-electron chi connectivity index (χ0n) is 37.2. The fraction of sp³-hybridized carbons (Fsp3) is 0.382. The highest BCUT2D eigenvalue weighted by Crippen LogP contribution is 2.46. The van der Waals surface area contributed by atoms with Crippen molar-refractivity contribution in [1.29, 1.82) is 0 Å². The van der Waals surface area contributed by atoms with Crippen LogP contribution >= 0.6 is 0 Å². The number of nitrogens with zero attached hydrogens (tertiary/aromatic N) is 2. The van der Waals surface area contributed by atoms with Crippen molar-refractivity contribution in [2.75, 3.05) is 11.4 Å². The van der Waals surface area contributed by atoms with Gasteiger partial charge in [0.05, 0.1) is 0 Å². The molecule has 0 N–H and O–H groups in total. The predicted octanol–water partition coefficient (Wildman–Crippen LogP) is 16.5. The summed E-state index contributed by atoms with van der Waals surface area (Å²) in [5, 5.41) is 0. The Labute approximate surface area is 350 Å². The first-order valence-electron chi connectivity index (χ1n) is 21.8. The third-order valence-corrected chi connectivity index (χ3v) is 10.4. The lowest BCUT2D eigenvalue weighted by Gasteiger charge is -2.40. The molecule has 1 saturated carbocycles. The van der Waals surface area contributed by atoms with Gasteiger partial charge in [-0.05, 0) is 118 Å². The van der Waals surface area contributed by atoms with E-state index in [2.05, 4.69) is 199 Å². The van der Waals surface area contributed by atoms with Crippen LogP contribution in [0.2, 0.25) is 0 Å². The molecule has 5 rings (SSSR count). The summed E-state index contributed by atoms with van der Waals surface area (Å²) in [6, 6.07) is 9.51. The highest BCUT2D eigenvalue weighted by molar-refractivity contribution is 5.63. The molecular weight excluding hydrogens is 689 g/mol. The van der Waals surface area contributed by atoms with Crippen LogP contribution in [0.3, 0.4) is 0 Å². The molecule has 1 aromatic rings. The van der Waals surface area contributed by atoms with Gasteiger partial charge in [-0.1, -0.05) is 170 Å². The molecule has 2 nitrogen and oxygen atoms in total. The lowest BCUT2D eigenvalue weighted by molar-refractivity contribution is 0.344. The van der Waals surface area contributed by atoms with Crippen LogP contribution in [-0.2, 0) is 5.41 Å². The molecule has 1 fully saturated rings. The summed E-state index contributed by atoms with van der Waals surface area (Å²) in [4.78, 5) is 4.88. The molecule has 4 aliphatic carbocycles. The number of hydrogen-bond donors (Lipinski definition) is 0. The van der Waals surface area contributed by atoms with E-state index in [9.17, 15) is 0 Å². The normalized spacial score (nSPS) is 18.9. The quantitative estimate of drug-likeness (QED) is 0.146. The average Bonchev–Trinajstić information content (AvgIpc) is 3.65. The van der Waals surface area contributed by atoms with E-state index in [4.69, 9.17) is 0 Å². The maximum Gasteiger partial charge on any atom is 0.0458 e. The Balaban J connectivity index is 0.00000151. The summed E-state index contributed by atoms with van der Waals surface area (Å²) in [6.07, 6.45) is 54.2. The summed E-state index contributed by atoms with van der Waals surface area (Å²) >= 11 is 0. The van der Waals surface area contributed by atoms with Crippen LogP contribution < -0.4 is 4.90 Å². The molecule has 0 spiro atoms. The molecule has 4 aliphatic rings. The highest BCUT2D eigenvalue weighted by atomic mass is 15.2. The van der Waals surface area contributed by atoms with Gasteiger partial charge in [0.2, 0.25) is 0 Å². The van der Waals surface area contributed by atoms with Gasteiger partial charge in [-0.3, -0.25) is 0 Å². The summed E-state index contributed by atoms with van der Waals surface area (Å²) in [7, 11) is 0. The number of benzene rings is 1. The lowest BCUT2D eigenvalue weighted by Crippen LogP contribution is -2.31. The zero-order valence-corrected chi connectivity index (χ0v) is 37.2. The first-order chi connectivity index (χ1) is 27.9. The van der Waals surface area contributed by atoms with Crippen molar-refractivity contribution in [3.63, 3.8) is 0 Å². The van der Waals surface area contributed by atoms with Crippen molar-refractivity contribution in [1.82, 2.24) is 4.90 Å². The fourth-order valence-electron chi connectivity index (χ4n) is 7.60. The average molecular weight is 765 g/mol. The minimum absolute atomic E-state index is 0.0182. The molecule has 0 aromatic heterocycles. The molecule has 0 bridgehead atoms. The molecule has 1 atom stereocenters. The molecule has 57 heavy (non-hydrogen) atoms. The van der Waals surface area contributed by atoms with E-state index in [0.29, 0.717) is 5.92 Å². The maximum absolute atomic E-state index is 3.85. The van der Waals surface area contributed by atoms with Gasteiger partial charge >= 0.3 is 0 Å². The third kappa shape index (κ3) is 14.9. The van der Waals surface area contributed by atoms with Gasteiger partial charge < -0.3 is 9.80 Å². The van der Waals surface area contributed by atoms with Crippen molar-refractivity contribution in [3.05, 3.63) is 199 Å². The van der Waals surface area contributed by atoms with Crippen molar-refractivity contribution >= 4 is 5.69 Å². The Morgan fingerprint density at radius 1 is 0.842 bits per heavy atom. The van der Waals surface area contributed by atoms with Gasteiger partial charge in [-0.15, -0.1) is 13.2 Å². The topological polar surface area (TPSA) is 6.48 Å². The van der Waals surface area contributed by atoms with Gasteiger partial charge in [-0.2, -0.15) is 0 Å². The Morgan fingerprint density at radius 3 is 2.19 bits per heavy atom. The first-order valence-corrected chi connectivity index (χ1v) is 21.8. The smallest absolute Gasteiger partial charge is 0.0458 e. The third-order valence-electron chi connectivity index (χ3n) is 10.4. The van der Waals surface area contributed by atoms with E-state index >= 15 is 0 Å². The maximum atomic E-state index is 3.85. The Hall–Kier alpha value is -4.82. The summed E-state index contributed by atoms with van der Waals surface area (Å²) < 4.78 is 0. The van der Waals surface area contributed by atoms with Gasteiger partial charge in [0.15, 0.2) is 0 Å². The Morgan fingerprint density at radius 2 is 1.54 bits per heavy atom. The summed E-state index contributed by atoms with van der Waals surface area (Å²) in [5.74, 6) is 0.408. The SMILES string of the molecule is C=C.C=C/C=C\C=C(/C)N(C1=CC=CC(C)C=C1)c1ccc(C2(C(/C=C\CN(C3=CC=CCC=C3)C3=CC=C(C)CC3)=C/CC)CCCCC2)cc1.CC.CCC. The molecule has 2 heteroatoms. The molecular formula is C55H76N2. The molecule has 1 aromatic carbocycles. The van der Waals surface area contributed by atoms with Crippen LogP contribution in [0.4, 0.5) is 5.69 Å². The van der Waals surface area contributed by atoms with Gasteiger partial charge in [0, 0.05) is 40.4 Å². The second-order valence-electron chi connectivity index (χ2n) is 14.8. The van der Waals surface area contributed by atoms with Gasteiger partial charge in [0.1, 0.15) is 0 Å². The van der Waals surface area contributed by atoms with Crippen LogP contribution in [0, 0.1) is 5.92 Å². The predicted molar refractivity (Wildman–Crippen MR) is 257 cm³/mol. The standard InChI is InChI=1S/C48H58N2.C3H8.C2H6.C2H4/c1-6-8-12-21-41(5)50(46-25-17-20-39(3)28-33-46)47-34-29-43(30-35-47)48(36-15-11-16-37-48)42(19-7-2)22-18-38-49(44-23-13-9-10-14-24-44)45-31-26-40(4)27-32-45;1-3-2;2*1-2/h6,8-9,12-14,17-26,28-31,33-35,39H,1,7,10-11,15-16,27,32,36-38H2,2-5H3;3H2,1-2H3;1-2H3;1-2H2/b12-8-,22-18-,41-21+,42-19+;;;. The summed E-state index contributed by atoms with van der Waals surface area (Å²) in [5.41, 5.74) is 10.6. The number of hydrogen-bond acceptors (Lipinski definition) is 2. The van der Waals surface area contributed by atoms with Crippen LogP contribution in [0.25, 0.3) is 0 Å². The molecule has 0 heterocycles. The molecule has 0 saturated heterocycles.